The maximum absolute atomic E-state index is 12.4. The van der Waals surface area contributed by atoms with Gasteiger partial charge in [-0.25, -0.2) is 8.42 Å². The van der Waals surface area contributed by atoms with Crippen molar-refractivity contribution in [1.29, 1.82) is 0 Å². The third-order valence-electron chi connectivity index (χ3n) is 3.52. The van der Waals surface area contributed by atoms with Crippen LogP contribution in [0.1, 0.15) is 25.3 Å². The molecule has 5 nitrogen and oxygen atoms in total. The molecule has 0 radical (unpaired) electrons. The fourth-order valence-corrected chi connectivity index (χ4v) is 3.86. The SMILES string of the molecule is CCN(CC)S(=O)(=O)c1ccc(-c2c(C)noc2C)cc1. The van der Waals surface area contributed by atoms with Crippen LogP contribution < -0.4 is 0 Å². The van der Waals surface area contributed by atoms with Gasteiger partial charge < -0.3 is 4.52 Å². The standard InChI is InChI=1S/C15H20N2O3S/c1-5-17(6-2)21(18,19)14-9-7-13(8-10-14)15-11(3)16-20-12(15)4/h7-10H,5-6H2,1-4H3. The number of aryl methyl sites for hydroxylation is 2. The Morgan fingerprint density at radius 3 is 2.10 bits per heavy atom. The zero-order chi connectivity index (χ0) is 15.6. The van der Waals surface area contributed by atoms with Crippen LogP contribution in [0.3, 0.4) is 0 Å². The Morgan fingerprint density at radius 2 is 1.67 bits per heavy atom. The van der Waals surface area contributed by atoms with Gasteiger partial charge in [-0.1, -0.05) is 31.1 Å². The van der Waals surface area contributed by atoms with Gasteiger partial charge in [0.25, 0.3) is 0 Å². The van der Waals surface area contributed by atoms with Gasteiger partial charge in [0, 0.05) is 18.7 Å². The first kappa shape index (κ1) is 15.7. The molecule has 0 aliphatic rings. The Labute approximate surface area is 125 Å². The van der Waals surface area contributed by atoms with Gasteiger partial charge in [0.2, 0.25) is 10.0 Å². The Kier molecular flexibility index (Phi) is 4.49. The number of rotatable bonds is 5. The van der Waals surface area contributed by atoms with Crippen molar-refractivity contribution in [3.8, 4) is 11.1 Å². The number of sulfonamides is 1. The molecule has 0 unspecified atom stereocenters. The minimum absolute atomic E-state index is 0.307. The zero-order valence-corrected chi connectivity index (χ0v) is 13.6. The van der Waals surface area contributed by atoms with Crippen LogP contribution in [-0.2, 0) is 10.0 Å². The Bertz CT molecular complexity index is 694. The van der Waals surface area contributed by atoms with Gasteiger partial charge in [-0.05, 0) is 31.5 Å². The van der Waals surface area contributed by atoms with Crippen molar-refractivity contribution in [3.63, 3.8) is 0 Å². The van der Waals surface area contributed by atoms with E-state index in [1.807, 2.05) is 27.7 Å². The molecule has 6 heteroatoms. The van der Waals surface area contributed by atoms with Crippen LogP contribution in [0.5, 0.6) is 0 Å². The second-order valence-corrected chi connectivity index (χ2v) is 6.75. The first-order valence-electron chi connectivity index (χ1n) is 6.95. The van der Waals surface area contributed by atoms with Crippen LogP contribution in [0.4, 0.5) is 0 Å². The molecule has 1 heterocycles. The van der Waals surface area contributed by atoms with Crippen LogP contribution in [-0.4, -0.2) is 31.0 Å². The smallest absolute Gasteiger partial charge is 0.243 e. The molecule has 0 fully saturated rings. The average molecular weight is 308 g/mol. The van der Waals surface area contributed by atoms with Crippen molar-refractivity contribution in [2.45, 2.75) is 32.6 Å². The third-order valence-corrected chi connectivity index (χ3v) is 5.58. The highest BCUT2D eigenvalue weighted by atomic mass is 32.2. The highest BCUT2D eigenvalue weighted by Gasteiger charge is 2.21. The highest BCUT2D eigenvalue weighted by Crippen LogP contribution is 2.28. The molecule has 0 saturated heterocycles. The first-order valence-corrected chi connectivity index (χ1v) is 8.39. The lowest BCUT2D eigenvalue weighted by atomic mass is 10.0. The summed E-state index contributed by atoms with van der Waals surface area (Å²) in [5.74, 6) is 0.729. The van der Waals surface area contributed by atoms with E-state index < -0.39 is 10.0 Å². The maximum Gasteiger partial charge on any atom is 0.243 e. The van der Waals surface area contributed by atoms with Crippen LogP contribution in [0.15, 0.2) is 33.7 Å². The molecule has 0 aliphatic heterocycles. The molecule has 0 atom stereocenters. The molecule has 0 saturated carbocycles. The minimum atomic E-state index is -3.41. The molecular weight excluding hydrogens is 288 g/mol. The molecule has 0 amide bonds. The quantitative estimate of drug-likeness (QED) is 0.852. The summed E-state index contributed by atoms with van der Waals surface area (Å²) in [7, 11) is -3.41. The number of hydrogen-bond acceptors (Lipinski definition) is 4. The van der Waals surface area contributed by atoms with E-state index in [1.54, 1.807) is 24.3 Å². The summed E-state index contributed by atoms with van der Waals surface area (Å²) < 4.78 is 31.4. The second-order valence-electron chi connectivity index (χ2n) is 4.81. The van der Waals surface area contributed by atoms with Crippen molar-refractivity contribution in [1.82, 2.24) is 9.46 Å². The molecule has 0 bridgehead atoms. The lowest BCUT2D eigenvalue weighted by Gasteiger charge is -2.18. The molecule has 2 aromatic rings. The molecule has 0 aliphatic carbocycles. The molecule has 1 aromatic carbocycles. The summed E-state index contributed by atoms with van der Waals surface area (Å²) in [6.45, 7) is 8.30. The van der Waals surface area contributed by atoms with Crippen molar-refractivity contribution in [2.75, 3.05) is 13.1 Å². The normalized spacial score (nSPS) is 12.0. The van der Waals surface area contributed by atoms with E-state index in [4.69, 9.17) is 4.52 Å². The predicted molar refractivity (Wildman–Crippen MR) is 81.5 cm³/mol. The van der Waals surface area contributed by atoms with Gasteiger partial charge >= 0.3 is 0 Å². The summed E-state index contributed by atoms with van der Waals surface area (Å²) >= 11 is 0. The Balaban J connectivity index is 2.40. The maximum atomic E-state index is 12.4. The lowest BCUT2D eigenvalue weighted by Crippen LogP contribution is -2.30. The van der Waals surface area contributed by atoms with Gasteiger partial charge in [0.05, 0.1) is 10.6 Å². The molecule has 114 valence electrons. The predicted octanol–water partition coefficient (Wildman–Crippen LogP) is 2.99. The number of benzene rings is 1. The molecule has 1 aromatic heterocycles. The lowest BCUT2D eigenvalue weighted by molar-refractivity contribution is 0.393. The largest absolute Gasteiger partial charge is 0.361 e. The van der Waals surface area contributed by atoms with E-state index >= 15 is 0 Å². The van der Waals surface area contributed by atoms with Crippen molar-refractivity contribution in [2.24, 2.45) is 0 Å². The van der Waals surface area contributed by atoms with Crippen molar-refractivity contribution < 1.29 is 12.9 Å². The molecule has 2 rings (SSSR count). The second kappa shape index (κ2) is 5.99. The van der Waals surface area contributed by atoms with Crippen LogP contribution in [0, 0.1) is 13.8 Å². The zero-order valence-electron chi connectivity index (χ0n) is 12.8. The Hall–Kier alpha value is -1.66. The van der Waals surface area contributed by atoms with E-state index in [2.05, 4.69) is 5.16 Å². The van der Waals surface area contributed by atoms with Crippen LogP contribution in [0.2, 0.25) is 0 Å². The van der Waals surface area contributed by atoms with Gasteiger partial charge in [0.1, 0.15) is 5.76 Å². The van der Waals surface area contributed by atoms with Crippen LogP contribution in [0.25, 0.3) is 11.1 Å². The molecule has 0 N–H and O–H groups in total. The van der Waals surface area contributed by atoms with E-state index in [1.165, 1.54) is 4.31 Å². The number of nitrogens with zero attached hydrogens (tertiary/aromatic N) is 2. The van der Waals surface area contributed by atoms with E-state index in [0.29, 0.717) is 18.0 Å². The van der Waals surface area contributed by atoms with E-state index in [-0.39, 0.29) is 0 Å². The highest BCUT2D eigenvalue weighted by molar-refractivity contribution is 7.89. The minimum Gasteiger partial charge on any atom is -0.361 e. The fourth-order valence-electron chi connectivity index (χ4n) is 2.40. The number of hydrogen-bond donors (Lipinski definition) is 0. The monoisotopic (exact) mass is 308 g/mol. The van der Waals surface area contributed by atoms with E-state index in [9.17, 15) is 8.42 Å². The van der Waals surface area contributed by atoms with Gasteiger partial charge in [-0.3, -0.25) is 0 Å². The molecular formula is C15H20N2O3S. The summed E-state index contributed by atoms with van der Waals surface area (Å²) in [6, 6.07) is 6.86. The summed E-state index contributed by atoms with van der Waals surface area (Å²) in [5.41, 5.74) is 2.62. The summed E-state index contributed by atoms with van der Waals surface area (Å²) in [5, 5.41) is 3.92. The van der Waals surface area contributed by atoms with Crippen molar-refractivity contribution in [3.05, 3.63) is 35.7 Å². The first-order chi connectivity index (χ1) is 9.91. The molecule has 0 spiro atoms. The Morgan fingerprint density at radius 1 is 1.10 bits per heavy atom. The fraction of sp³-hybridized carbons (Fsp3) is 0.400. The van der Waals surface area contributed by atoms with Crippen molar-refractivity contribution >= 4 is 10.0 Å². The molecule has 21 heavy (non-hydrogen) atoms. The van der Waals surface area contributed by atoms with Gasteiger partial charge in [0.15, 0.2) is 0 Å². The topological polar surface area (TPSA) is 63.4 Å². The number of aromatic nitrogens is 1. The summed E-state index contributed by atoms with van der Waals surface area (Å²) in [4.78, 5) is 0.307. The average Bonchev–Trinajstić information content (AvgIpc) is 2.79. The summed E-state index contributed by atoms with van der Waals surface area (Å²) in [6.07, 6.45) is 0. The third kappa shape index (κ3) is 2.87. The van der Waals surface area contributed by atoms with Gasteiger partial charge in [-0.15, -0.1) is 0 Å². The van der Waals surface area contributed by atoms with Gasteiger partial charge in [-0.2, -0.15) is 4.31 Å². The van der Waals surface area contributed by atoms with Crippen LogP contribution >= 0.6 is 0 Å². The van der Waals surface area contributed by atoms with E-state index in [0.717, 1.165) is 22.6 Å².